The number of nitrogens with zero attached hydrogens (tertiary/aromatic N) is 2. The molecule has 146 valence electrons. The van der Waals surface area contributed by atoms with Crippen molar-refractivity contribution in [2.45, 2.75) is 30.6 Å². The monoisotopic (exact) mass is 495 g/mol. The number of fused-ring (bicyclic) bond motifs is 1. The highest BCUT2D eigenvalue weighted by Gasteiger charge is 2.35. The van der Waals surface area contributed by atoms with E-state index in [1.807, 2.05) is 0 Å². The third-order valence-corrected chi connectivity index (χ3v) is 7.06. The summed E-state index contributed by atoms with van der Waals surface area (Å²) in [6.45, 7) is 2.20. The first-order chi connectivity index (χ1) is 12.0. The molecule has 0 spiro atoms. The van der Waals surface area contributed by atoms with Crippen molar-refractivity contribution in [1.82, 2.24) is 10.2 Å². The SMILES string of the molecule is CN=C(NCCS(=O)(=O)c1ccccc1F)N1CC2CCCCC2C1.I. The molecule has 1 heterocycles. The molecule has 26 heavy (non-hydrogen) atoms. The van der Waals surface area contributed by atoms with Crippen LogP contribution in [0.25, 0.3) is 0 Å². The Bertz CT molecular complexity index is 728. The average Bonchev–Trinajstić information content (AvgIpc) is 3.02. The van der Waals surface area contributed by atoms with Crippen molar-refractivity contribution in [3.8, 4) is 0 Å². The molecule has 8 heteroatoms. The molecule has 2 unspecified atom stereocenters. The van der Waals surface area contributed by atoms with Gasteiger partial charge in [0, 0.05) is 26.7 Å². The molecule has 1 N–H and O–H groups in total. The predicted octanol–water partition coefficient (Wildman–Crippen LogP) is 2.91. The van der Waals surface area contributed by atoms with Crippen molar-refractivity contribution in [3.63, 3.8) is 0 Å². The predicted molar refractivity (Wildman–Crippen MR) is 112 cm³/mol. The van der Waals surface area contributed by atoms with E-state index in [1.54, 1.807) is 7.05 Å². The van der Waals surface area contributed by atoms with Crippen LogP contribution in [0.2, 0.25) is 0 Å². The molecular weight excluding hydrogens is 468 g/mol. The van der Waals surface area contributed by atoms with Gasteiger partial charge in [-0.25, -0.2) is 12.8 Å². The van der Waals surface area contributed by atoms with Gasteiger partial charge >= 0.3 is 0 Å². The summed E-state index contributed by atoms with van der Waals surface area (Å²) in [5.41, 5.74) is 0. The van der Waals surface area contributed by atoms with E-state index in [0.29, 0.717) is 0 Å². The number of nitrogens with one attached hydrogen (secondary N) is 1. The van der Waals surface area contributed by atoms with Crippen LogP contribution in [0.4, 0.5) is 4.39 Å². The molecular formula is C18H27FIN3O2S. The van der Waals surface area contributed by atoms with Crippen LogP contribution in [-0.4, -0.2) is 51.7 Å². The zero-order valence-corrected chi connectivity index (χ0v) is 18.2. The quantitative estimate of drug-likeness (QED) is 0.397. The topological polar surface area (TPSA) is 61.8 Å². The minimum Gasteiger partial charge on any atom is -0.355 e. The molecule has 1 aliphatic heterocycles. The third-order valence-electron chi connectivity index (χ3n) is 5.31. The van der Waals surface area contributed by atoms with Crippen molar-refractivity contribution in [3.05, 3.63) is 30.1 Å². The minimum atomic E-state index is -3.65. The van der Waals surface area contributed by atoms with Gasteiger partial charge in [-0.2, -0.15) is 0 Å². The number of hydrogen-bond acceptors (Lipinski definition) is 3. The maximum Gasteiger partial charge on any atom is 0.193 e. The summed E-state index contributed by atoms with van der Waals surface area (Å²) in [6, 6.07) is 5.51. The van der Waals surface area contributed by atoms with Crippen LogP contribution in [0.1, 0.15) is 25.7 Å². The number of rotatable bonds is 4. The first-order valence-corrected chi connectivity index (χ1v) is 10.6. The molecule has 1 aromatic carbocycles. The fourth-order valence-electron chi connectivity index (χ4n) is 4.02. The van der Waals surface area contributed by atoms with Gasteiger partial charge in [0.05, 0.1) is 5.75 Å². The highest BCUT2D eigenvalue weighted by molar-refractivity contribution is 14.0. The minimum absolute atomic E-state index is 0. The summed E-state index contributed by atoms with van der Waals surface area (Å²) in [5.74, 6) is 1.35. The summed E-state index contributed by atoms with van der Waals surface area (Å²) < 4.78 is 38.4. The lowest BCUT2D eigenvalue weighted by Gasteiger charge is -2.22. The molecule has 0 amide bonds. The molecule has 5 nitrogen and oxygen atoms in total. The van der Waals surface area contributed by atoms with E-state index in [4.69, 9.17) is 0 Å². The molecule has 3 rings (SSSR count). The van der Waals surface area contributed by atoms with Crippen molar-refractivity contribution in [2.24, 2.45) is 16.8 Å². The van der Waals surface area contributed by atoms with Gasteiger partial charge in [0.2, 0.25) is 0 Å². The fraction of sp³-hybridized carbons (Fsp3) is 0.611. The van der Waals surface area contributed by atoms with Crippen LogP contribution in [0.5, 0.6) is 0 Å². The number of sulfone groups is 1. The van der Waals surface area contributed by atoms with Gasteiger partial charge in [0.15, 0.2) is 15.8 Å². The van der Waals surface area contributed by atoms with E-state index in [-0.39, 0.29) is 41.2 Å². The summed E-state index contributed by atoms with van der Waals surface area (Å²) in [6.07, 6.45) is 5.17. The molecule has 1 saturated heterocycles. The molecule has 1 saturated carbocycles. The second kappa shape index (κ2) is 9.34. The van der Waals surface area contributed by atoms with Crippen LogP contribution in [0.15, 0.2) is 34.2 Å². The number of benzene rings is 1. The highest BCUT2D eigenvalue weighted by Crippen LogP contribution is 2.35. The Morgan fingerprint density at radius 1 is 1.23 bits per heavy atom. The van der Waals surface area contributed by atoms with Gasteiger partial charge in [-0.15, -0.1) is 24.0 Å². The smallest absolute Gasteiger partial charge is 0.193 e. The number of likely N-dealkylation sites (tertiary alicyclic amines) is 1. The molecule has 2 atom stereocenters. The molecule has 2 fully saturated rings. The molecule has 2 aliphatic rings. The number of halogens is 2. The van der Waals surface area contributed by atoms with E-state index in [9.17, 15) is 12.8 Å². The van der Waals surface area contributed by atoms with Crippen LogP contribution in [0, 0.1) is 17.7 Å². The molecule has 0 bridgehead atoms. The second-order valence-electron chi connectivity index (χ2n) is 6.93. The zero-order valence-electron chi connectivity index (χ0n) is 15.0. The first kappa shape index (κ1) is 21.4. The Balaban J connectivity index is 0.00000243. The Labute approximate surface area is 172 Å². The van der Waals surface area contributed by atoms with Gasteiger partial charge in [-0.3, -0.25) is 4.99 Å². The van der Waals surface area contributed by atoms with Crippen molar-refractivity contribution < 1.29 is 12.8 Å². The largest absolute Gasteiger partial charge is 0.355 e. The lowest BCUT2D eigenvalue weighted by Crippen LogP contribution is -2.42. The lowest BCUT2D eigenvalue weighted by molar-refractivity contribution is 0.299. The van der Waals surface area contributed by atoms with Crippen molar-refractivity contribution in [1.29, 1.82) is 0 Å². The molecule has 0 aromatic heterocycles. The maximum absolute atomic E-state index is 13.7. The van der Waals surface area contributed by atoms with Crippen LogP contribution in [-0.2, 0) is 9.84 Å². The third kappa shape index (κ3) is 4.88. The summed E-state index contributed by atoms with van der Waals surface area (Å²) >= 11 is 0. The Morgan fingerprint density at radius 2 is 1.85 bits per heavy atom. The molecule has 1 aromatic rings. The Hall–Kier alpha value is -0.900. The van der Waals surface area contributed by atoms with Crippen LogP contribution in [0.3, 0.4) is 0 Å². The van der Waals surface area contributed by atoms with Gasteiger partial charge in [-0.1, -0.05) is 25.0 Å². The van der Waals surface area contributed by atoms with Crippen LogP contribution >= 0.6 is 24.0 Å². The van der Waals surface area contributed by atoms with Gasteiger partial charge in [-0.05, 0) is 36.8 Å². The summed E-state index contributed by atoms with van der Waals surface area (Å²) in [4.78, 5) is 6.30. The maximum atomic E-state index is 13.7. The Morgan fingerprint density at radius 3 is 2.42 bits per heavy atom. The van der Waals surface area contributed by atoms with E-state index >= 15 is 0 Å². The zero-order chi connectivity index (χ0) is 17.9. The Kier molecular flexibility index (Phi) is 7.69. The van der Waals surface area contributed by atoms with E-state index < -0.39 is 15.7 Å². The standard InChI is InChI=1S/C18H26FN3O2S.HI/c1-20-18(22-12-14-6-2-3-7-15(14)13-22)21-10-11-25(23,24)17-9-5-4-8-16(17)19;/h4-5,8-9,14-15H,2-3,6-7,10-13H2,1H3,(H,20,21);1H. The van der Waals surface area contributed by atoms with Crippen molar-refractivity contribution in [2.75, 3.05) is 32.4 Å². The van der Waals surface area contributed by atoms with Crippen LogP contribution < -0.4 is 5.32 Å². The number of aliphatic imine (C=N–C) groups is 1. The van der Waals surface area contributed by atoms with Gasteiger partial charge in [0.25, 0.3) is 0 Å². The van der Waals surface area contributed by atoms with Gasteiger partial charge < -0.3 is 10.2 Å². The van der Waals surface area contributed by atoms with Gasteiger partial charge in [0.1, 0.15) is 10.7 Å². The van der Waals surface area contributed by atoms with E-state index in [1.165, 1.54) is 49.9 Å². The van der Waals surface area contributed by atoms with Crippen molar-refractivity contribution >= 4 is 39.8 Å². The lowest BCUT2D eigenvalue weighted by atomic mass is 9.82. The highest BCUT2D eigenvalue weighted by atomic mass is 127. The number of hydrogen-bond donors (Lipinski definition) is 1. The van der Waals surface area contributed by atoms with E-state index in [0.717, 1.165) is 30.9 Å². The second-order valence-corrected chi connectivity index (χ2v) is 9.01. The molecule has 1 aliphatic carbocycles. The van der Waals surface area contributed by atoms with E-state index in [2.05, 4.69) is 15.2 Å². The summed E-state index contributed by atoms with van der Waals surface area (Å²) in [5, 5.41) is 3.14. The summed E-state index contributed by atoms with van der Waals surface area (Å²) in [7, 11) is -1.93. The fourth-order valence-corrected chi connectivity index (χ4v) is 5.26. The molecule has 0 radical (unpaired) electrons. The normalized spacial score (nSPS) is 23.3. The first-order valence-electron chi connectivity index (χ1n) is 8.94. The number of guanidine groups is 1. The average molecular weight is 495 g/mol.